The van der Waals surface area contributed by atoms with Crippen LogP contribution in [-0.4, -0.2) is 21.4 Å². The van der Waals surface area contributed by atoms with Crippen molar-refractivity contribution < 1.29 is 35.5 Å². The molecule has 0 aliphatic rings. The van der Waals surface area contributed by atoms with E-state index in [1.807, 2.05) is 4.72 Å². The fourth-order valence-corrected chi connectivity index (χ4v) is 4.29. The SMILES string of the molecule is COc1c(F)c(F)c(S(=O)(=O)Nc2ccccc2C(=O)N[C@@H](C)c2ccccc2)c(F)c1F. The number of anilines is 1. The van der Waals surface area contributed by atoms with E-state index < -0.39 is 55.9 Å². The Bertz CT molecular complexity index is 1270. The summed E-state index contributed by atoms with van der Waals surface area (Å²) in [5.74, 6) is -10.5. The van der Waals surface area contributed by atoms with Crippen LogP contribution in [0.25, 0.3) is 0 Å². The average Bonchev–Trinajstić information content (AvgIpc) is 2.78. The van der Waals surface area contributed by atoms with Gasteiger partial charge in [0.15, 0.2) is 22.3 Å². The minimum absolute atomic E-state index is 0.181. The van der Waals surface area contributed by atoms with Gasteiger partial charge in [-0.3, -0.25) is 9.52 Å². The Morgan fingerprint density at radius 3 is 2.00 bits per heavy atom. The number of hydrogen-bond donors (Lipinski definition) is 2. The monoisotopic (exact) mass is 482 g/mol. The highest BCUT2D eigenvalue weighted by Gasteiger charge is 2.34. The molecule has 0 fully saturated rings. The van der Waals surface area contributed by atoms with Gasteiger partial charge < -0.3 is 10.1 Å². The van der Waals surface area contributed by atoms with E-state index in [1.54, 1.807) is 37.3 Å². The fourth-order valence-electron chi connectivity index (χ4n) is 3.07. The van der Waals surface area contributed by atoms with E-state index in [-0.39, 0.29) is 11.3 Å². The van der Waals surface area contributed by atoms with Crippen LogP contribution in [0.1, 0.15) is 28.9 Å². The van der Waals surface area contributed by atoms with Crippen molar-refractivity contribution in [1.29, 1.82) is 0 Å². The molecule has 0 bridgehead atoms. The summed E-state index contributed by atoms with van der Waals surface area (Å²) in [5, 5.41) is 2.68. The summed E-state index contributed by atoms with van der Waals surface area (Å²) in [4.78, 5) is 10.9. The smallest absolute Gasteiger partial charge is 0.268 e. The lowest BCUT2D eigenvalue weighted by atomic mass is 10.1. The fraction of sp³-hybridized carbons (Fsp3) is 0.136. The Balaban J connectivity index is 1.96. The van der Waals surface area contributed by atoms with Crippen LogP contribution in [0, 0.1) is 23.3 Å². The molecule has 11 heteroatoms. The van der Waals surface area contributed by atoms with Gasteiger partial charge in [0.25, 0.3) is 15.9 Å². The third kappa shape index (κ3) is 4.77. The summed E-state index contributed by atoms with van der Waals surface area (Å²) < 4.78 is 88.2. The largest absolute Gasteiger partial charge is 0.491 e. The topological polar surface area (TPSA) is 84.5 Å². The van der Waals surface area contributed by atoms with Crippen LogP contribution in [0.3, 0.4) is 0 Å². The molecule has 0 aromatic heterocycles. The first-order chi connectivity index (χ1) is 15.6. The molecule has 0 aliphatic carbocycles. The molecule has 0 heterocycles. The highest BCUT2D eigenvalue weighted by atomic mass is 32.2. The Hall–Kier alpha value is -3.60. The van der Waals surface area contributed by atoms with Gasteiger partial charge in [-0.2, -0.15) is 8.78 Å². The maximum absolute atomic E-state index is 14.3. The first-order valence-electron chi connectivity index (χ1n) is 9.46. The normalized spacial score (nSPS) is 12.2. The Labute approximate surface area is 187 Å². The zero-order valence-electron chi connectivity index (χ0n) is 17.3. The molecule has 3 rings (SSSR count). The second-order valence-electron chi connectivity index (χ2n) is 6.88. The van der Waals surface area contributed by atoms with Gasteiger partial charge in [-0.15, -0.1) is 0 Å². The number of hydrogen-bond acceptors (Lipinski definition) is 4. The minimum Gasteiger partial charge on any atom is -0.491 e. The van der Waals surface area contributed by atoms with E-state index in [2.05, 4.69) is 10.1 Å². The standard InChI is InChI=1S/C22H18F4N2O4S/c1-12(13-8-4-3-5-9-13)27-22(29)14-10-6-7-11-15(14)28-33(30,31)21-18(25)16(23)20(32-2)17(24)19(21)26/h3-12,28H,1-2H3,(H,27,29)/t12-/m0/s1. The molecule has 1 atom stereocenters. The van der Waals surface area contributed by atoms with E-state index >= 15 is 0 Å². The highest BCUT2D eigenvalue weighted by molar-refractivity contribution is 7.92. The first-order valence-corrected chi connectivity index (χ1v) is 10.9. The number of halogens is 4. The van der Waals surface area contributed by atoms with Crippen LogP contribution in [0.2, 0.25) is 0 Å². The minimum atomic E-state index is -5.20. The average molecular weight is 482 g/mol. The first kappa shape index (κ1) is 24.1. The molecule has 0 saturated heterocycles. The predicted octanol–water partition coefficient (Wildman–Crippen LogP) is 4.54. The van der Waals surface area contributed by atoms with E-state index in [1.165, 1.54) is 18.2 Å². The van der Waals surface area contributed by atoms with Crippen molar-refractivity contribution >= 4 is 21.6 Å². The number of nitrogens with one attached hydrogen (secondary N) is 2. The summed E-state index contributed by atoms with van der Waals surface area (Å²) in [6, 6.07) is 13.7. The molecule has 3 aromatic carbocycles. The Morgan fingerprint density at radius 1 is 0.879 bits per heavy atom. The number of amides is 1. The molecule has 174 valence electrons. The summed E-state index contributed by atoms with van der Waals surface area (Å²) in [7, 11) is -4.43. The highest BCUT2D eigenvalue weighted by Crippen LogP contribution is 2.33. The van der Waals surface area contributed by atoms with Gasteiger partial charge in [-0.1, -0.05) is 42.5 Å². The van der Waals surface area contributed by atoms with E-state index in [0.717, 1.165) is 18.7 Å². The molecule has 1 amide bonds. The van der Waals surface area contributed by atoms with Gasteiger partial charge in [0, 0.05) is 0 Å². The van der Waals surface area contributed by atoms with Gasteiger partial charge in [0.05, 0.1) is 24.4 Å². The molecule has 0 saturated carbocycles. The molecule has 0 radical (unpaired) electrons. The lowest BCUT2D eigenvalue weighted by molar-refractivity contribution is 0.0941. The van der Waals surface area contributed by atoms with Gasteiger partial charge in [-0.25, -0.2) is 17.2 Å². The van der Waals surface area contributed by atoms with Crippen LogP contribution in [0.15, 0.2) is 59.5 Å². The van der Waals surface area contributed by atoms with Crippen LogP contribution >= 0.6 is 0 Å². The van der Waals surface area contributed by atoms with Crippen molar-refractivity contribution in [3.8, 4) is 5.75 Å². The lowest BCUT2D eigenvalue weighted by Gasteiger charge is -2.17. The number of benzene rings is 3. The summed E-state index contributed by atoms with van der Waals surface area (Å²) in [6.45, 7) is 1.70. The summed E-state index contributed by atoms with van der Waals surface area (Å²) >= 11 is 0. The van der Waals surface area contributed by atoms with Crippen LogP contribution in [0.4, 0.5) is 23.2 Å². The molecule has 0 unspecified atom stereocenters. The number of rotatable bonds is 7. The van der Waals surface area contributed by atoms with E-state index in [4.69, 9.17) is 0 Å². The zero-order chi connectivity index (χ0) is 24.3. The van der Waals surface area contributed by atoms with Crippen molar-refractivity contribution in [2.24, 2.45) is 0 Å². The number of carbonyl (C=O) groups is 1. The Kier molecular flexibility index (Phi) is 6.92. The Morgan fingerprint density at radius 2 is 1.42 bits per heavy atom. The third-order valence-corrected chi connectivity index (χ3v) is 6.10. The molecular weight excluding hydrogens is 464 g/mol. The molecule has 0 spiro atoms. The van der Waals surface area contributed by atoms with Gasteiger partial charge >= 0.3 is 0 Å². The number of methoxy groups -OCH3 is 1. The van der Waals surface area contributed by atoms with Crippen molar-refractivity contribution in [3.63, 3.8) is 0 Å². The molecule has 2 N–H and O–H groups in total. The van der Waals surface area contributed by atoms with Gasteiger partial charge in [0.1, 0.15) is 0 Å². The van der Waals surface area contributed by atoms with Gasteiger partial charge in [-0.05, 0) is 24.6 Å². The predicted molar refractivity (Wildman–Crippen MR) is 112 cm³/mol. The van der Waals surface area contributed by atoms with Crippen LogP contribution in [-0.2, 0) is 10.0 Å². The van der Waals surface area contributed by atoms with Crippen molar-refractivity contribution in [3.05, 3.63) is 89.0 Å². The number of para-hydroxylation sites is 1. The van der Waals surface area contributed by atoms with Gasteiger partial charge in [0.2, 0.25) is 11.6 Å². The molecule has 33 heavy (non-hydrogen) atoms. The molecule has 0 aliphatic heterocycles. The second-order valence-corrected chi connectivity index (χ2v) is 8.49. The molecular formula is C22H18F4N2O4S. The van der Waals surface area contributed by atoms with Crippen molar-refractivity contribution in [2.75, 3.05) is 11.8 Å². The maximum atomic E-state index is 14.3. The third-order valence-electron chi connectivity index (χ3n) is 4.72. The molecule has 3 aromatic rings. The molecule has 6 nitrogen and oxygen atoms in total. The number of ether oxygens (including phenoxy) is 1. The van der Waals surface area contributed by atoms with Crippen LogP contribution in [0.5, 0.6) is 5.75 Å². The summed E-state index contributed by atoms with van der Waals surface area (Å²) in [5.41, 5.74) is 0.238. The number of carbonyl (C=O) groups excluding carboxylic acids is 1. The zero-order valence-corrected chi connectivity index (χ0v) is 18.1. The lowest BCUT2D eigenvalue weighted by Crippen LogP contribution is -2.28. The van der Waals surface area contributed by atoms with E-state index in [9.17, 15) is 30.8 Å². The van der Waals surface area contributed by atoms with Crippen LogP contribution < -0.4 is 14.8 Å². The summed E-state index contributed by atoms with van der Waals surface area (Å²) in [6.07, 6.45) is 0. The number of sulfonamides is 1. The van der Waals surface area contributed by atoms with Crippen molar-refractivity contribution in [1.82, 2.24) is 5.32 Å². The van der Waals surface area contributed by atoms with Crippen molar-refractivity contribution in [2.45, 2.75) is 17.9 Å². The second kappa shape index (κ2) is 9.49. The quantitative estimate of drug-likeness (QED) is 0.383. The van der Waals surface area contributed by atoms with E-state index in [0.29, 0.717) is 0 Å². The maximum Gasteiger partial charge on any atom is 0.268 e.